The fourth-order valence-electron chi connectivity index (χ4n) is 3.46. The van der Waals surface area contributed by atoms with Crippen LogP contribution in [0.2, 0.25) is 0 Å². The number of hydrogen-bond donors (Lipinski definition) is 0. The number of anilines is 1. The molecule has 2 heterocycles. The topological polar surface area (TPSA) is 58.6 Å². The summed E-state index contributed by atoms with van der Waals surface area (Å²) in [5.74, 6) is 2.13. The number of hydrogen-bond acceptors (Lipinski definition) is 5. The molecule has 0 bridgehead atoms. The van der Waals surface area contributed by atoms with Crippen LogP contribution in [0, 0.1) is 5.92 Å². The van der Waals surface area contributed by atoms with E-state index in [1.165, 1.54) is 0 Å². The van der Waals surface area contributed by atoms with Crippen LogP contribution >= 0.6 is 0 Å². The number of aromatic nitrogens is 2. The molecule has 0 spiro atoms. The first-order chi connectivity index (χ1) is 13.2. The Balaban J connectivity index is 1.61. The SMILES string of the molecule is CCC(CC)C(=O)N1CCN(c2ccc(-c3ccc(OC)cc3)nn2)CC1. The Kier molecular flexibility index (Phi) is 6.27. The molecule has 1 aliphatic rings. The van der Waals surface area contributed by atoms with Gasteiger partial charge in [0.2, 0.25) is 5.91 Å². The van der Waals surface area contributed by atoms with E-state index < -0.39 is 0 Å². The molecule has 3 rings (SSSR count). The molecular weight excluding hydrogens is 340 g/mol. The molecular formula is C21H28N4O2. The van der Waals surface area contributed by atoms with Crippen molar-refractivity contribution in [1.82, 2.24) is 15.1 Å². The van der Waals surface area contributed by atoms with E-state index in [9.17, 15) is 4.79 Å². The van der Waals surface area contributed by atoms with Gasteiger partial charge in [-0.2, -0.15) is 0 Å². The summed E-state index contributed by atoms with van der Waals surface area (Å²) in [6, 6.07) is 11.8. The Morgan fingerprint density at radius 1 is 1.00 bits per heavy atom. The van der Waals surface area contributed by atoms with Gasteiger partial charge in [0.05, 0.1) is 12.8 Å². The first kappa shape index (κ1) is 19.1. The highest BCUT2D eigenvalue weighted by Crippen LogP contribution is 2.22. The van der Waals surface area contributed by atoms with Crippen LogP contribution < -0.4 is 9.64 Å². The van der Waals surface area contributed by atoms with E-state index in [0.29, 0.717) is 5.91 Å². The van der Waals surface area contributed by atoms with Gasteiger partial charge in [0.1, 0.15) is 5.75 Å². The Morgan fingerprint density at radius 2 is 1.67 bits per heavy atom. The number of nitrogens with zero attached hydrogens (tertiary/aromatic N) is 4. The molecule has 1 aliphatic heterocycles. The number of carbonyl (C=O) groups excluding carboxylic acids is 1. The molecule has 0 unspecified atom stereocenters. The van der Waals surface area contributed by atoms with Crippen molar-refractivity contribution in [1.29, 1.82) is 0 Å². The van der Waals surface area contributed by atoms with E-state index in [2.05, 4.69) is 28.9 Å². The van der Waals surface area contributed by atoms with E-state index in [-0.39, 0.29) is 5.92 Å². The van der Waals surface area contributed by atoms with Crippen molar-refractivity contribution in [2.24, 2.45) is 5.92 Å². The number of carbonyl (C=O) groups is 1. The molecule has 0 atom stereocenters. The number of amides is 1. The maximum atomic E-state index is 12.5. The molecule has 2 aromatic rings. The van der Waals surface area contributed by atoms with Crippen LogP contribution in [0.5, 0.6) is 5.75 Å². The zero-order valence-corrected chi connectivity index (χ0v) is 16.4. The van der Waals surface area contributed by atoms with Crippen LogP contribution in [0.4, 0.5) is 5.82 Å². The van der Waals surface area contributed by atoms with Gasteiger partial charge in [-0.25, -0.2) is 0 Å². The summed E-state index contributed by atoms with van der Waals surface area (Å²) < 4.78 is 5.19. The summed E-state index contributed by atoms with van der Waals surface area (Å²) in [6.45, 7) is 7.25. The molecule has 27 heavy (non-hydrogen) atoms. The smallest absolute Gasteiger partial charge is 0.225 e. The molecule has 0 saturated carbocycles. The standard InChI is InChI=1S/C21H28N4O2/c1-4-16(5-2)21(26)25-14-12-24(13-15-25)20-11-10-19(22-23-20)17-6-8-18(27-3)9-7-17/h6-11,16H,4-5,12-15H2,1-3H3. The van der Waals surface area contributed by atoms with Crippen LogP contribution in [-0.4, -0.2) is 54.3 Å². The highest BCUT2D eigenvalue weighted by atomic mass is 16.5. The van der Waals surface area contributed by atoms with Gasteiger partial charge in [0, 0.05) is 37.7 Å². The average molecular weight is 368 g/mol. The first-order valence-electron chi connectivity index (χ1n) is 9.68. The number of methoxy groups -OCH3 is 1. The van der Waals surface area contributed by atoms with Gasteiger partial charge in [-0.3, -0.25) is 4.79 Å². The van der Waals surface area contributed by atoms with Crippen LogP contribution in [0.1, 0.15) is 26.7 Å². The lowest BCUT2D eigenvalue weighted by Gasteiger charge is -2.36. The molecule has 1 aromatic carbocycles. The van der Waals surface area contributed by atoms with Crippen molar-refractivity contribution in [3.05, 3.63) is 36.4 Å². The number of piperazine rings is 1. The first-order valence-corrected chi connectivity index (χ1v) is 9.68. The lowest BCUT2D eigenvalue weighted by atomic mass is 10.0. The highest BCUT2D eigenvalue weighted by molar-refractivity contribution is 5.79. The molecule has 0 radical (unpaired) electrons. The maximum absolute atomic E-state index is 12.5. The van der Waals surface area contributed by atoms with Gasteiger partial charge in [-0.05, 0) is 49.2 Å². The predicted octanol–water partition coefficient (Wildman–Crippen LogP) is 3.24. The van der Waals surface area contributed by atoms with Gasteiger partial charge in [0.25, 0.3) is 0 Å². The van der Waals surface area contributed by atoms with Gasteiger partial charge < -0.3 is 14.5 Å². The van der Waals surface area contributed by atoms with Crippen molar-refractivity contribution < 1.29 is 9.53 Å². The zero-order valence-electron chi connectivity index (χ0n) is 16.4. The normalized spacial score (nSPS) is 14.5. The quantitative estimate of drug-likeness (QED) is 0.783. The molecule has 1 fully saturated rings. The van der Waals surface area contributed by atoms with Crippen molar-refractivity contribution >= 4 is 11.7 Å². The Hall–Kier alpha value is -2.63. The molecule has 0 aliphatic carbocycles. The van der Waals surface area contributed by atoms with Crippen molar-refractivity contribution in [3.63, 3.8) is 0 Å². The number of benzene rings is 1. The third-order valence-corrected chi connectivity index (χ3v) is 5.29. The monoisotopic (exact) mass is 368 g/mol. The van der Waals surface area contributed by atoms with Gasteiger partial charge in [-0.1, -0.05) is 13.8 Å². The maximum Gasteiger partial charge on any atom is 0.225 e. The molecule has 144 valence electrons. The van der Waals surface area contributed by atoms with E-state index in [1.807, 2.05) is 41.3 Å². The third-order valence-electron chi connectivity index (χ3n) is 5.29. The summed E-state index contributed by atoms with van der Waals surface area (Å²) in [6.07, 6.45) is 1.82. The summed E-state index contributed by atoms with van der Waals surface area (Å²) >= 11 is 0. The highest BCUT2D eigenvalue weighted by Gasteiger charge is 2.26. The third kappa shape index (κ3) is 4.38. The number of ether oxygens (including phenoxy) is 1. The second kappa shape index (κ2) is 8.84. The largest absolute Gasteiger partial charge is 0.497 e. The van der Waals surface area contributed by atoms with Gasteiger partial charge in [-0.15, -0.1) is 10.2 Å². The minimum Gasteiger partial charge on any atom is -0.497 e. The fraction of sp³-hybridized carbons (Fsp3) is 0.476. The van der Waals surface area contributed by atoms with Crippen LogP contribution in [-0.2, 0) is 4.79 Å². The molecule has 1 amide bonds. The van der Waals surface area contributed by atoms with Crippen LogP contribution in [0.3, 0.4) is 0 Å². The Bertz CT molecular complexity index is 734. The molecule has 0 N–H and O–H groups in total. The minimum absolute atomic E-state index is 0.153. The Labute approximate surface area is 161 Å². The summed E-state index contributed by atoms with van der Waals surface area (Å²) in [7, 11) is 1.65. The zero-order chi connectivity index (χ0) is 19.2. The summed E-state index contributed by atoms with van der Waals surface area (Å²) in [4.78, 5) is 16.7. The average Bonchev–Trinajstić information content (AvgIpc) is 2.75. The Morgan fingerprint density at radius 3 is 2.19 bits per heavy atom. The fourth-order valence-corrected chi connectivity index (χ4v) is 3.46. The lowest BCUT2D eigenvalue weighted by Crippen LogP contribution is -2.50. The van der Waals surface area contributed by atoms with Crippen molar-refractivity contribution in [2.45, 2.75) is 26.7 Å². The van der Waals surface area contributed by atoms with Crippen molar-refractivity contribution in [2.75, 3.05) is 38.2 Å². The molecule has 1 saturated heterocycles. The summed E-state index contributed by atoms with van der Waals surface area (Å²) in [5.41, 5.74) is 1.85. The van der Waals surface area contributed by atoms with Crippen molar-refractivity contribution in [3.8, 4) is 17.0 Å². The summed E-state index contributed by atoms with van der Waals surface area (Å²) in [5, 5.41) is 8.78. The van der Waals surface area contributed by atoms with E-state index in [0.717, 1.165) is 61.8 Å². The number of rotatable bonds is 6. The molecule has 1 aromatic heterocycles. The van der Waals surface area contributed by atoms with E-state index in [4.69, 9.17) is 4.74 Å². The minimum atomic E-state index is 0.153. The van der Waals surface area contributed by atoms with Gasteiger partial charge >= 0.3 is 0 Å². The lowest BCUT2D eigenvalue weighted by molar-refractivity contribution is -0.136. The predicted molar refractivity (Wildman–Crippen MR) is 107 cm³/mol. The van der Waals surface area contributed by atoms with Crippen LogP contribution in [0.25, 0.3) is 11.3 Å². The van der Waals surface area contributed by atoms with Crippen LogP contribution in [0.15, 0.2) is 36.4 Å². The van der Waals surface area contributed by atoms with Gasteiger partial charge in [0.15, 0.2) is 5.82 Å². The van der Waals surface area contributed by atoms with E-state index >= 15 is 0 Å². The van der Waals surface area contributed by atoms with E-state index in [1.54, 1.807) is 7.11 Å². The molecule has 6 nitrogen and oxygen atoms in total. The second-order valence-electron chi connectivity index (χ2n) is 6.83. The second-order valence-corrected chi connectivity index (χ2v) is 6.83. The molecule has 6 heteroatoms.